The van der Waals surface area contributed by atoms with Gasteiger partial charge in [-0.15, -0.1) is 0 Å². The van der Waals surface area contributed by atoms with E-state index in [1.165, 1.54) is 12.1 Å². The fraction of sp³-hybridized carbons (Fsp3) is 0.188. The number of hydrogen-bond donors (Lipinski definition) is 3. The van der Waals surface area contributed by atoms with Crippen LogP contribution >= 0.6 is 0 Å². The van der Waals surface area contributed by atoms with Crippen molar-refractivity contribution in [1.82, 2.24) is 14.9 Å². The van der Waals surface area contributed by atoms with E-state index in [0.29, 0.717) is 11.9 Å². The largest absolute Gasteiger partial charge is 0.391 e. The van der Waals surface area contributed by atoms with Crippen molar-refractivity contribution < 1.29 is 13.5 Å². The molecule has 3 aromatic rings. The Morgan fingerprint density at radius 2 is 1.96 bits per heavy atom. The first kappa shape index (κ1) is 15.7. The van der Waals surface area contributed by atoms with Crippen LogP contribution in [0.2, 0.25) is 0 Å². The normalized spacial score (nSPS) is 13.3. The number of aliphatic hydroxyl groups is 1. The summed E-state index contributed by atoms with van der Waals surface area (Å²) in [6.45, 7) is -0.0434. The van der Waals surface area contributed by atoms with Crippen LogP contribution in [0.4, 0.5) is 0 Å². The molecule has 1 atom stereocenters. The summed E-state index contributed by atoms with van der Waals surface area (Å²) in [4.78, 5) is 0.140. The average Bonchev–Trinajstić information content (AvgIpc) is 3.02. The van der Waals surface area contributed by atoms with Gasteiger partial charge in [0.1, 0.15) is 0 Å². The number of nitrogens with zero attached hydrogens (tertiary/aromatic N) is 1. The molecule has 0 saturated heterocycles. The minimum Gasteiger partial charge on any atom is -0.391 e. The van der Waals surface area contributed by atoms with Crippen LogP contribution in [0.25, 0.3) is 10.9 Å². The Hall–Kier alpha value is -2.22. The van der Waals surface area contributed by atoms with Crippen LogP contribution in [0, 0.1) is 0 Å². The molecule has 0 unspecified atom stereocenters. The molecule has 0 spiro atoms. The molecular formula is C16H17N3O3S. The SMILES string of the molecule is O=S(=O)(NC[C@@H](O)Cc1ccccc1)c1ccc2cn[nH]c2c1. The zero-order valence-electron chi connectivity index (χ0n) is 12.3. The second kappa shape index (κ2) is 6.49. The molecule has 0 saturated carbocycles. The molecule has 6 nitrogen and oxygen atoms in total. The molecule has 2 aromatic carbocycles. The predicted octanol–water partition coefficient (Wildman–Crippen LogP) is 1.44. The van der Waals surface area contributed by atoms with Crippen molar-refractivity contribution >= 4 is 20.9 Å². The average molecular weight is 331 g/mol. The van der Waals surface area contributed by atoms with Gasteiger partial charge in [-0.05, 0) is 30.2 Å². The summed E-state index contributed by atoms with van der Waals surface area (Å²) in [6.07, 6.45) is 1.23. The Bertz CT molecular complexity index is 891. The lowest BCUT2D eigenvalue weighted by atomic mass is 10.1. The van der Waals surface area contributed by atoms with Gasteiger partial charge < -0.3 is 5.11 Å². The highest BCUT2D eigenvalue weighted by Crippen LogP contribution is 2.16. The maximum Gasteiger partial charge on any atom is 0.240 e. The number of nitrogens with one attached hydrogen (secondary N) is 2. The van der Waals surface area contributed by atoms with Crippen molar-refractivity contribution in [2.75, 3.05) is 6.54 Å². The van der Waals surface area contributed by atoms with E-state index in [-0.39, 0.29) is 11.4 Å². The Balaban J connectivity index is 1.66. The Labute approximate surface area is 134 Å². The first-order valence-electron chi connectivity index (χ1n) is 7.19. The third kappa shape index (κ3) is 3.76. The first-order chi connectivity index (χ1) is 11.0. The van der Waals surface area contributed by atoms with E-state index < -0.39 is 16.1 Å². The first-order valence-corrected chi connectivity index (χ1v) is 8.68. The molecule has 0 aliphatic carbocycles. The minimum absolute atomic E-state index is 0.0434. The second-order valence-corrected chi connectivity index (χ2v) is 7.08. The summed E-state index contributed by atoms with van der Waals surface area (Å²) in [7, 11) is -3.67. The number of benzene rings is 2. The van der Waals surface area contributed by atoms with E-state index in [4.69, 9.17) is 0 Å². The van der Waals surface area contributed by atoms with E-state index >= 15 is 0 Å². The number of aromatic nitrogens is 2. The summed E-state index contributed by atoms with van der Waals surface area (Å²) in [5.74, 6) is 0. The summed E-state index contributed by atoms with van der Waals surface area (Å²) in [6, 6.07) is 14.2. The fourth-order valence-corrected chi connectivity index (χ4v) is 3.43. The predicted molar refractivity (Wildman–Crippen MR) is 87.4 cm³/mol. The van der Waals surface area contributed by atoms with Crippen molar-refractivity contribution in [1.29, 1.82) is 0 Å². The molecule has 0 aliphatic rings. The van der Waals surface area contributed by atoms with Crippen LogP contribution in [-0.2, 0) is 16.4 Å². The monoisotopic (exact) mass is 331 g/mol. The van der Waals surface area contributed by atoms with E-state index in [1.54, 1.807) is 12.3 Å². The molecule has 23 heavy (non-hydrogen) atoms. The van der Waals surface area contributed by atoms with Gasteiger partial charge in [0.05, 0.1) is 22.7 Å². The van der Waals surface area contributed by atoms with Gasteiger partial charge in [-0.2, -0.15) is 5.10 Å². The highest BCUT2D eigenvalue weighted by atomic mass is 32.2. The molecule has 0 fully saturated rings. The second-order valence-electron chi connectivity index (χ2n) is 5.31. The number of H-pyrrole nitrogens is 1. The summed E-state index contributed by atoms with van der Waals surface area (Å²) in [5.41, 5.74) is 1.61. The Morgan fingerprint density at radius 1 is 1.17 bits per heavy atom. The summed E-state index contributed by atoms with van der Waals surface area (Å²) >= 11 is 0. The van der Waals surface area contributed by atoms with Crippen LogP contribution in [-0.4, -0.2) is 36.4 Å². The summed E-state index contributed by atoms with van der Waals surface area (Å²) in [5, 5.41) is 17.5. The van der Waals surface area contributed by atoms with Gasteiger partial charge in [0.25, 0.3) is 0 Å². The fourth-order valence-electron chi connectivity index (χ4n) is 2.33. The lowest BCUT2D eigenvalue weighted by Crippen LogP contribution is -2.33. The van der Waals surface area contributed by atoms with Gasteiger partial charge in [0, 0.05) is 11.9 Å². The van der Waals surface area contributed by atoms with Crippen LogP contribution in [0.1, 0.15) is 5.56 Å². The van der Waals surface area contributed by atoms with Crippen molar-refractivity contribution in [3.05, 3.63) is 60.3 Å². The smallest absolute Gasteiger partial charge is 0.240 e. The van der Waals surface area contributed by atoms with Crippen LogP contribution in [0.5, 0.6) is 0 Å². The molecule has 1 heterocycles. The van der Waals surface area contributed by atoms with E-state index in [0.717, 1.165) is 10.9 Å². The van der Waals surface area contributed by atoms with E-state index in [2.05, 4.69) is 14.9 Å². The lowest BCUT2D eigenvalue weighted by Gasteiger charge is -2.12. The number of hydrogen-bond acceptors (Lipinski definition) is 4. The maximum atomic E-state index is 12.3. The van der Waals surface area contributed by atoms with Crippen molar-refractivity contribution in [3.8, 4) is 0 Å². The van der Waals surface area contributed by atoms with Gasteiger partial charge >= 0.3 is 0 Å². The quantitative estimate of drug-likeness (QED) is 0.637. The van der Waals surface area contributed by atoms with Crippen molar-refractivity contribution in [3.63, 3.8) is 0 Å². The maximum absolute atomic E-state index is 12.3. The topological polar surface area (TPSA) is 95.1 Å². The molecule has 0 bridgehead atoms. The molecule has 0 aliphatic heterocycles. The highest BCUT2D eigenvalue weighted by Gasteiger charge is 2.17. The number of rotatable bonds is 6. The van der Waals surface area contributed by atoms with Gasteiger partial charge in [-0.1, -0.05) is 30.3 Å². The van der Waals surface area contributed by atoms with Gasteiger partial charge in [-0.25, -0.2) is 13.1 Å². The lowest BCUT2D eigenvalue weighted by molar-refractivity contribution is 0.179. The Kier molecular flexibility index (Phi) is 4.42. The zero-order chi connectivity index (χ0) is 16.3. The zero-order valence-corrected chi connectivity index (χ0v) is 13.1. The number of aromatic amines is 1. The number of aliphatic hydroxyl groups excluding tert-OH is 1. The van der Waals surface area contributed by atoms with E-state index in [9.17, 15) is 13.5 Å². The number of fused-ring (bicyclic) bond motifs is 1. The molecular weight excluding hydrogens is 314 g/mol. The van der Waals surface area contributed by atoms with E-state index in [1.807, 2.05) is 30.3 Å². The molecule has 0 radical (unpaired) electrons. The van der Waals surface area contributed by atoms with Crippen LogP contribution < -0.4 is 4.72 Å². The Morgan fingerprint density at radius 3 is 2.74 bits per heavy atom. The standard InChI is InChI=1S/C16H17N3O3S/c20-14(8-12-4-2-1-3-5-12)11-18-23(21,22)15-7-6-13-10-17-19-16(13)9-15/h1-7,9-10,14,18,20H,8,11H2,(H,17,19)/t14-/m0/s1. The molecule has 3 N–H and O–H groups in total. The van der Waals surface area contributed by atoms with Crippen molar-refractivity contribution in [2.45, 2.75) is 17.4 Å². The molecule has 7 heteroatoms. The minimum atomic E-state index is -3.67. The molecule has 0 amide bonds. The molecule has 120 valence electrons. The van der Waals surface area contributed by atoms with Gasteiger partial charge in [-0.3, -0.25) is 5.10 Å². The van der Waals surface area contributed by atoms with Gasteiger partial charge in [0.15, 0.2) is 0 Å². The highest BCUT2D eigenvalue weighted by molar-refractivity contribution is 7.89. The third-order valence-electron chi connectivity index (χ3n) is 3.55. The van der Waals surface area contributed by atoms with Crippen molar-refractivity contribution in [2.24, 2.45) is 0 Å². The van der Waals surface area contributed by atoms with Crippen LogP contribution in [0.15, 0.2) is 59.6 Å². The van der Waals surface area contributed by atoms with Crippen LogP contribution in [0.3, 0.4) is 0 Å². The van der Waals surface area contributed by atoms with Gasteiger partial charge in [0.2, 0.25) is 10.0 Å². The summed E-state index contributed by atoms with van der Waals surface area (Å²) < 4.78 is 27.0. The molecule has 1 aromatic heterocycles. The number of sulfonamides is 1. The molecule has 3 rings (SSSR count). The third-order valence-corrected chi connectivity index (χ3v) is 4.97.